The predicted molar refractivity (Wildman–Crippen MR) is 191 cm³/mol. The van der Waals surface area contributed by atoms with Crippen LogP contribution >= 0.6 is 11.4 Å². The van der Waals surface area contributed by atoms with Gasteiger partial charge in [-0.3, -0.25) is 0 Å². The van der Waals surface area contributed by atoms with E-state index in [-0.39, 0.29) is 52.5 Å². The number of ether oxygens (including phenoxy) is 4. The van der Waals surface area contributed by atoms with Crippen molar-refractivity contribution in [2.24, 2.45) is 0 Å². The van der Waals surface area contributed by atoms with E-state index >= 15 is 0 Å². The Hall–Kier alpha value is -4.13. The first-order chi connectivity index (χ1) is 24.5. The Balaban J connectivity index is 0.000000283. The molecule has 0 unspecified atom stereocenters. The highest BCUT2D eigenvalue weighted by Crippen LogP contribution is 2.56. The molecule has 53 heavy (non-hydrogen) atoms. The lowest BCUT2D eigenvalue weighted by Gasteiger charge is -2.46. The number of amides is 2. The Morgan fingerprint density at radius 1 is 0.755 bits per heavy atom. The maximum absolute atomic E-state index is 14.6. The van der Waals surface area contributed by atoms with Crippen LogP contribution in [0.2, 0.25) is 0 Å². The number of nitrogens with zero attached hydrogens (tertiary/aromatic N) is 5. The number of nitriles is 2. The Morgan fingerprint density at radius 3 is 1.43 bits per heavy atom. The van der Waals surface area contributed by atoms with Gasteiger partial charge in [0, 0.05) is 27.3 Å². The van der Waals surface area contributed by atoms with Gasteiger partial charge in [0.25, 0.3) is 11.4 Å². The molecule has 2 fully saturated rings. The van der Waals surface area contributed by atoms with Crippen LogP contribution in [0.4, 0.5) is 25.6 Å². The van der Waals surface area contributed by atoms with Crippen LogP contribution in [0, 0.1) is 22.7 Å². The van der Waals surface area contributed by atoms with Gasteiger partial charge in [-0.05, 0) is 76.9 Å². The Labute approximate surface area is 311 Å². The van der Waals surface area contributed by atoms with Crippen molar-refractivity contribution in [1.82, 2.24) is 14.1 Å². The second-order valence-corrected chi connectivity index (χ2v) is 15.6. The van der Waals surface area contributed by atoms with E-state index in [1.807, 2.05) is 12.1 Å². The number of rotatable bonds is 9. The molecule has 0 spiro atoms. The first kappa shape index (κ1) is 45.0. The number of carbonyl (C=O) groups is 2. The zero-order chi connectivity index (χ0) is 40.3. The van der Waals surface area contributed by atoms with Crippen molar-refractivity contribution in [3.63, 3.8) is 0 Å². The Bertz CT molecular complexity index is 1460. The molecule has 0 bridgehead atoms. The van der Waals surface area contributed by atoms with Gasteiger partial charge in [-0.15, -0.1) is 11.7 Å². The van der Waals surface area contributed by atoms with Gasteiger partial charge in [-0.2, -0.15) is 14.8 Å². The fourth-order valence-electron chi connectivity index (χ4n) is 4.82. The number of alkyl halides is 1. The van der Waals surface area contributed by atoms with E-state index in [1.165, 1.54) is 24.0 Å². The standard InChI is InChI=1S/C15H17FN2O2.C15H18N2O3.C6H14F3NO2S/c1-14(2,3)20-13(19)18-9-15(16,10-18)12-6-4-11(8-17)5-7-12;1-14(2,3)20-13(18)17-9-15(19,10-17)12-6-4-11(8-16)5-7-12;1-11-5-3-10(4-6-12-2)13(7,8)9/h4-7H,9-10H2,1-3H3;4-7,19H,9-10H2,1-3H3;3-6H2,1-2H3. The summed E-state index contributed by atoms with van der Waals surface area (Å²) in [7, 11) is 2.75. The number of benzene rings is 2. The molecule has 0 aliphatic carbocycles. The molecule has 0 radical (unpaired) electrons. The van der Waals surface area contributed by atoms with Crippen LogP contribution in [0.5, 0.6) is 0 Å². The first-order valence-corrected chi connectivity index (χ1v) is 17.8. The lowest BCUT2D eigenvalue weighted by atomic mass is 9.86. The van der Waals surface area contributed by atoms with Gasteiger partial charge in [0.1, 0.15) is 16.8 Å². The average Bonchev–Trinajstić information content (AvgIpc) is 3.04. The van der Waals surface area contributed by atoms with Gasteiger partial charge >= 0.3 is 12.2 Å². The van der Waals surface area contributed by atoms with Gasteiger partial charge < -0.3 is 33.9 Å². The fraction of sp³-hybridized carbons (Fsp3) is 0.556. The van der Waals surface area contributed by atoms with Crippen LogP contribution in [-0.4, -0.2) is 109 Å². The molecule has 2 aromatic carbocycles. The molecule has 0 saturated carbocycles. The number of likely N-dealkylation sites (tertiary alicyclic amines) is 2. The number of methoxy groups -OCH3 is 2. The molecule has 0 aromatic heterocycles. The summed E-state index contributed by atoms with van der Waals surface area (Å²) in [5.41, 5.74) is -1.51. The topological polar surface area (TPSA) is 149 Å². The second-order valence-electron chi connectivity index (χ2n) is 14.3. The van der Waals surface area contributed by atoms with Crippen molar-refractivity contribution in [1.29, 1.82) is 10.5 Å². The molecule has 2 aliphatic rings. The highest BCUT2D eigenvalue weighted by Gasteiger charge is 2.49. The van der Waals surface area contributed by atoms with Crippen molar-refractivity contribution < 1.29 is 49.7 Å². The molecule has 4 rings (SSSR count). The molecule has 2 saturated heterocycles. The largest absolute Gasteiger partial charge is 0.444 e. The molecule has 0 atom stereocenters. The first-order valence-electron chi connectivity index (χ1n) is 16.5. The summed E-state index contributed by atoms with van der Waals surface area (Å²) in [6, 6.07) is 17.1. The monoisotopic (exact) mass is 771 g/mol. The zero-order valence-electron chi connectivity index (χ0n) is 31.3. The Morgan fingerprint density at radius 2 is 1.11 bits per heavy atom. The van der Waals surface area contributed by atoms with Gasteiger partial charge in [-0.25, -0.2) is 14.0 Å². The minimum Gasteiger partial charge on any atom is -0.444 e. The zero-order valence-corrected chi connectivity index (χ0v) is 32.1. The summed E-state index contributed by atoms with van der Waals surface area (Å²) in [6.07, 6.45) is -0.921. The smallest absolute Gasteiger partial charge is 0.410 e. The highest BCUT2D eigenvalue weighted by molar-refractivity contribution is 8.18. The average molecular weight is 772 g/mol. The van der Waals surface area contributed by atoms with Crippen LogP contribution in [0.25, 0.3) is 0 Å². The molecule has 17 heteroatoms. The summed E-state index contributed by atoms with van der Waals surface area (Å²) in [6.45, 7) is 11.0. The van der Waals surface area contributed by atoms with Crippen molar-refractivity contribution in [3.05, 3.63) is 70.8 Å². The quantitative estimate of drug-likeness (QED) is 0.266. The predicted octanol–water partition coefficient (Wildman–Crippen LogP) is 6.92. The van der Waals surface area contributed by atoms with E-state index in [9.17, 15) is 30.7 Å². The molecular weight excluding hydrogens is 722 g/mol. The summed E-state index contributed by atoms with van der Waals surface area (Å²) in [5.74, 6) is 0. The van der Waals surface area contributed by atoms with Crippen molar-refractivity contribution in [2.45, 2.75) is 64.0 Å². The van der Waals surface area contributed by atoms with Crippen LogP contribution < -0.4 is 0 Å². The minimum absolute atomic E-state index is 0.0200. The normalized spacial score (nSPS) is 16.2. The van der Waals surface area contributed by atoms with E-state index in [0.717, 1.165) is 0 Å². The van der Waals surface area contributed by atoms with Crippen LogP contribution in [0.15, 0.2) is 48.5 Å². The summed E-state index contributed by atoms with van der Waals surface area (Å²) in [5, 5.41) is 27.9. The minimum atomic E-state index is -5.14. The van der Waals surface area contributed by atoms with E-state index in [4.69, 9.17) is 20.0 Å². The number of carbonyl (C=O) groups excluding carboxylic acids is 2. The Kier molecular flexibility index (Phi) is 15.9. The van der Waals surface area contributed by atoms with Gasteiger partial charge in [0.2, 0.25) is 0 Å². The van der Waals surface area contributed by atoms with Gasteiger partial charge in [0.15, 0.2) is 5.67 Å². The number of β-amino-alcohol motifs (C(OH)–C–C–N with tert-alkyl or cyclic N) is 1. The van der Waals surface area contributed by atoms with Crippen molar-refractivity contribution in [3.8, 4) is 12.1 Å². The lowest BCUT2D eigenvalue weighted by Crippen LogP contribution is -2.61. The molecular formula is C36H49F4N5O7S. The third-order valence-corrected chi connectivity index (χ3v) is 8.51. The molecule has 2 amide bonds. The van der Waals surface area contributed by atoms with Crippen LogP contribution in [0.3, 0.4) is 0 Å². The fourth-order valence-corrected chi connectivity index (χ4v) is 5.39. The van der Waals surface area contributed by atoms with E-state index in [0.29, 0.717) is 26.6 Å². The molecule has 1 N–H and O–H groups in total. The van der Waals surface area contributed by atoms with Gasteiger partial charge in [-0.1, -0.05) is 24.3 Å². The number of hydrogen-bond acceptors (Lipinski definition) is 10. The molecule has 2 heterocycles. The van der Waals surface area contributed by atoms with Crippen molar-refractivity contribution >= 4 is 23.6 Å². The van der Waals surface area contributed by atoms with E-state index < -0.39 is 46.0 Å². The number of aliphatic hydroxyl groups is 1. The second kappa shape index (κ2) is 18.8. The third-order valence-electron chi connectivity index (χ3n) is 7.56. The lowest BCUT2D eigenvalue weighted by molar-refractivity contribution is -0.103. The summed E-state index contributed by atoms with van der Waals surface area (Å²) < 4.78 is 71.4. The maximum atomic E-state index is 14.6. The summed E-state index contributed by atoms with van der Waals surface area (Å²) in [4.78, 5) is 26.4. The molecule has 12 nitrogen and oxygen atoms in total. The van der Waals surface area contributed by atoms with Crippen LogP contribution in [-0.2, 0) is 30.2 Å². The third kappa shape index (κ3) is 14.3. The maximum Gasteiger partial charge on any atom is 0.410 e. The molecule has 294 valence electrons. The van der Waals surface area contributed by atoms with Crippen LogP contribution in [0.1, 0.15) is 63.8 Å². The number of hydrogen-bond donors (Lipinski definition) is 1. The van der Waals surface area contributed by atoms with E-state index in [2.05, 4.69) is 9.47 Å². The summed E-state index contributed by atoms with van der Waals surface area (Å²) >= 11 is -5.14. The molecule has 2 aromatic rings. The molecule has 2 aliphatic heterocycles. The SMILES string of the molecule is CC(C)(C)OC(=O)N1CC(F)(c2ccc(C#N)cc2)C1.CC(C)(C)OC(=O)N1CC(O)(c2ccc(C#N)cc2)C1.COCCN(CCOC)S(F)(F)F. The van der Waals surface area contributed by atoms with Gasteiger partial charge in [0.05, 0.1) is 62.7 Å². The highest BCUT2D eigenvalue weighted by atomic mass is 32.3. The number of halogens is 4. The van der Waals surface area contributed by atoms with Crippen molar-refractivity contribution in [2.75, 3.05) is 66.7 Å². The van der Waals surface area contributed by atoms with E-state index in [1.54, 1.807) is 90.1 Å².